The van der Waals surface area contributed by atoms with Gasteiger partial charge in [-0.1, -0.05) is 18.2 Å². The molecule has 0 bridgehead atoms. The highest BCUT2D eigenvalue weighted by molar-refractivity contribution is 5.82. The number of carbonyl (C=O) groups is 2. The maximum atomic E-state index is 12.1. The number of nitrogens with zero attached hydrogens (tertiary/aromatic N) is 1. The second-order valence-electron chi connectivity index (χ2n) is 5.27. The van der Waals surface area contributed by atoms with Crippen LogP contribution >= 0.6 is 0 Å². The van der Waals surface area contributed by atoms with E-state index in [0.29, 0.717) is 19.5 Å². The van der Waals surface area contributed by atoms with Gasteiger partial charge in [-0.2, -0.15) is 0 Å². The summed E-state index contributed by atoms with van der Waals surface area (Å²) in [5, 5.41) is 6.12. The van der Waals surface area contributed by atoms with Crippen LogP contribution in [0.25, 0.3) is 0 Å². The van der Waals surface area contributed by atoms with E-state index < -0.39 is 0 Å². The van der Waals surface area contributed by atoms with Gasteiger partial charge in [0, 0.05) is 39.3 Å². The molecule has 0 radical (unpaired) electrons. The van der Waals surface area contributed by atoms with Crippen molar-refractivity contribution in [3.05, 3.63) is 29.8 Å². The largest absolute Gasteiger partial charge is 0.384 e. The zero-order valence-electron chi connectivity index (χ0n) is 12.0. The first-order valence-electron chi connectivity index (χ1n) is 6.87. The quantitative estimate of drug-likeness (QED) is 0.857. The molecule has 1 atom stereocenters. The van der Waals surface area contributed by atoms with Gasteiger partial charge < -0.3 is 15.5 Å². The molecular formula is C15H21N3O2. The monoisotopic (exact) mass is 275 g/mol. The van der Waals surface area contributed by atoms with Crippen LogP contribution in [0.5, 0.6) is 0 Å². The molecule has 0 saturated carbocycles. The summed E-state index contributed by atoms with van der Waals surface area (Å²) in [7, 11) is 3.43. The fourth-order valence-electron chi connectivity index (χ4n) is 2.29. The standard InChI is InChI=1S/C15H21N3O2/c1-18(2)14(19)7-8-16-15(20)12-9-11-5-3-4-6-13(11)17-10-12/h3-6,12,17H,7-10H2,1-2H3,(H,16,20). The molecule has 1 aliphatic rings. The number of carbonyl (C=O) groups excluding carboxylic acids is 2. The third-order valence-electron chi connectivity index (χ3n) is 3.53. The van der Waals surface area contributed by atoms with E-state index in [2.05, 4.69) is 10.6 Å². The van der Waals surface area contributed by atoms with Gasteiger partial charge >= 0.3 is 0 Å². The fourth-order valence-corrected chi connectivity index (χ4v) is 2.29. The average molecular weight is 275 g/mol. The Kier molecular flexibility index (Phi) is 4.61. The van der Waals surface area contributed by atoms with Gasteiger partial charge in [0.1, 0.15) is 0 Å². The van der Waals surface area contributed by atoms with E-state index in [1.54, 1.807) is 14.1 Å². The number of fused-ring (bicyclic) bond motifs is 1. The summed E-state index contributed by atoms with van der Waals surface area (Å²) in [6.07, 6.45) is 1.09. The smallest absolute Gasteiger partial charge is 0.225 e. The lowest BCUT2D eigenvalue weighted by Gasteiger charge is -2.25. The van der Waals surface area contributed by atoms with Gasteiger partial charge in [0.15, 0.2) is 0 Å². The minimum atomic E-state index is -0.0700. The van der Waals surface area contributed by atoms with Gasteiger partial charge in [0.2, 0.25) is 11.8 Å². The van der Waals surface area contributed by atoms with Crippen molar-refractivity contribution in [2.75, 3.05) is 32.5 Å². The number of anilines is 1. The molecule has 0 aromatic heterocycles. The molecule has 5 nitrogen and oxygen atoms in total. The highest BCUT2D eigenvalue weighted by Gasteiger charge is 2.23. The lowest BCUT2D eigenvalue weighted by molar-refractivity contribution is -0.129. The molecule has 1 aliphatic heterocycles. The Balaban J connectivity index is 1.81. The lowest BCUT2D eigenvalue weighted by atomic mass is 9.93. The van der Waals surface area contributed by atoms with Crippen LogP contribution in [0.15, 0.2) is 24.3 Å². The summed E-state index contributed by atoms with van der Waals surface area (Å²) in [6, 6.07) is 8.03. The van der Waals surface area contributed by atoms with Crippen LogP contribution in [-0.2, 0) is 16.0 Å². The average Bonchev–Trinajstić information content (AvgIpc) is 2.46. The molecule has 108 valence electrons. The first kappa shape index (κ1) is 14.4. The predicted octanol–water partition coefficient (Wildman–Crippen LogP) is 0.865. The van der Waals surface area contributed by atoms with Gasteiger partial charge in [-0.25, -0.2) is 0 Å². The minimum absolute atomic E-state index is 0.0126. The van der Waals surface area contributed by atoms with Crippen molar-refractivity contribution < 1.29 is 9.59 Å². The van der Waals surface area contributed by atoms with Crippen molar-refractivity contribution in [1.82, 2.24) is 10.2 Å². The maximum absolute atomic E-state index is 12.1. The summed E-state index contributed by atoms with van der Waals surface area (Å²) >= 11 is 0. The third-order valence-corrected chi connectivity index (χ3v) is 3.53. The number of hydrogen-bond acceptors (Lipinski definition) is 3. The van der Waals surface area contributed by atoms with Crippen LogP contribution in [0.1, 0.15) is 12.0 Å². The minimum Gasteiger partial charge on any atom is -0.384 e. The number of benzene rings is 1. The number of hydrogen-bond donors (Lipinski definition) is 2. The van der Waals surface area contributed by atoms with E-state index in [9.17, 15) is 9.59 Å². The molecule has 1 heterocycles. The van der Waals surface area contributed by atoms with Gasteiger partial charge in [-0.05, 0) is 18.1 Å². The second-order valence-corrected chi connectivity index (χ2v) is 5.27. The maximum Gasteiger partial charge on any atom is 0.225 e. The van der Waals surface area contributed by atoms with Gasteiger partial charge in [0.05, 0.1) is 5.92 Å². The molecule has 0 saturated heterocycles. The van der Waals surface area contributed by atoms with Crippen molar-refractivity contribution in [1.29, 1.82) is 0 Å². The zero-order valence-corrected chi connectivity index (χ0v) is 12.0. The Morgan fingerprint density at radius 1 is 1.35 bits per heavy atom. The molecule has 20 heavy (non-hydrogen) atoms. The van der Waals surface area contributed by atoms with Crippen LogP contribution in [0.3, 0.4) is 0 Å². The van der Waals surface area contributed by atoms with Gasteiger partial charge in [-0.3, -0.25) is 9.59 Å². The van der Waals surface area contributed by atoms with E-state index in [1.807, 2.05) is 24.3 Å². The second kappa shape index (κ2) is 6.41. The van der Waals surface area contributed by atoms with Crippen molar-refractivity contribution in [2.24, 2.45) is 5.92 Å². The molecule has 0 aliphatic carbocycles. The molecule has 1 aromatic carbocycles. The van der Waals surface area contributed by atoms with E-state index in [1.165, 1.54) is 10.5 Å². The Morgan fingerprint density at radius 3 is 2.85 bits per heavy atom. The van der Waals surface area contributed by atoms with Crippen LogP contribution < -0.4 is 10.6 Å². The Bertz CT molecular complexity index is 500. The summed E-state index contributed by atoms with van der Waals surface area (Å²) < 4.78 is 0. The molecule has 0 spiro atoms. The van der Waals surface area contributed by atoms with Crippen LogP contribution in [0, 0.1) is 5.92 Å². The van der Waals surface area contributed by atoms with E-state index in [0.717, 1.165) is 12.1 Å². The summed E-state index contributed by atoms with van der Waals surface area (Å²) in [5.41, 5.74) is 2.28. The van der Waals surface area contributed by atoms with Gasteiger partial charge in [-0.15, -0.1) is 0 Å². The van der Waals surface area contributed by atoms with Crippen molar-refractivity contribution in [3.8, 4) is 0 Å². The molecular weight excluding hydrogens is 254 g/mol. The fraction of sp³-hybridized carbons (Fsp3) is 0.467. The van der Waals surface area contributed by atoms with E-state index in [4.69, 9.17) is 0 Å². The normalized spacial score (nSPS) is 16.8. The third kappa shape index (κ3) is 3.50. The molecule has 2 amide bonds. The molecule has 0 fully saturated rings. The summed E-state index contributed by atoms with van der Waals surface area (Å²) in [6.45, 7) is 1.04. The predicted molar refractivity (Wildman–Crippen MR) is 78.4 cm³/mol. The first-order chi connectivity index (χ1) is 9.58. The SMILES string of the molecule is CN(C)C(=O)CCNC(=O)C1CNc2ccccc2C1. The Morgan fingerprint density at radius 2 is 2.10 bits per heavy atom. The molecule has 2 rings (SSSR count). The number of amides is 2. The van der Waals surface area contributed by atoms with E-state index in [-0.39, 0.29) is 17.7 Å². The van der Waals surface area contributed by atoms with Crippen LogP contribution in [0.4, 0.5) is 5.69 Å². The Labute approximate surface area is 119 Å². The van der Waals surface area contributed by atoms with Crippen molar-refractivity contribution in [2.45, 2.75) is 12.8 Å². The van der Waals surface area contributed by atoms with Gasteiger partial charge in [0.25, 0.3) is 0 Å². The topological polar surface area (TPSA) is 61.4 Å². The van der Waals surface area contributed by atoms with Crippen LogP contribution in [0.2, 0.25) is 0 Å². The summed E-state index contributed by atoms with van der Waals surface area (Å²) in [4.78, 5) is 25.0. The molecule has 1 unspecified atom stereocenters. The lowest BCUT2D eigenvalue weighted by Crippen LogP contribution is -2.39. The van der Waals surface area contributed by atoms with Crippen molar-refractivity contribution in [3.63, 3.8) is 0 Å². The van der Waals surface area contributed by atoms with Crippen LogP contribution in [-0.4, -0.2) is 43.9 Å². The first-order valence-corrected chi connectivity index (χ1v) is 6.87. The molecule has 2 N–H and O–H groups in total. The summed E-state index contributed by atoms with van der Waals surface area (Å²) in [5.74, 6) is -0.0321. The molecule has 1 aromatic rings. The highest BCUT2D eigenvalue weighted by Crippen LogP contribution is 2.24. The number of rotatable bonds is 4. The highest BCUT2D eigenvalue weighted by atomic mass is 16.2. The number of para-hydroxylation sites is 1. The van der Waals surface area contributed by atoms with E-state index >= 15 is 0 Å². The Hall–Kier alpha value is -2.04. The van der Waals surface area contributed by atoms with Crippen molar-refractivity contribution >= 4 is 17.5 Å². The zero-order chi connectivity index (χ0) is 14.5. The number of nitrogens with one attached hydrogen (secondary N) is 2. The molecule has 5 heteroatoms.